The third-order valence-corrected chi connectivity index (χ3v) is 4.59. The summed E-state index contributed by atoms with van der Waals surface area (Å²) in [6, 6.07) is 7.42. The molecule has 3 rings (SSSR count). The molecular formula is C16H20ClN3O2. The van der Waals surface area contributed by atoms with Crippen molar-refractivity contribution in [2.24, 2.45) is 5.92 Å². The Morgan fingerprint density at radius 3 is 2.86 bits per heavy atom. The summed E-state index contributed by atoms with van der Waals surface area (Å²) < 4.78 is 5.81. The summed E-state index contributed by atoms with van der Waals surface area (Å²) >= 11 is 5.99. The molecule has 1 aliphatic heterocycles. The lowest BCUT2D eigenvalue weighted by atomic mass is 10.0. The largest absolute Gasteiger partial charge is 0.419 e. The van der Waals surface area contributed by atoms with Crippen molar-refractivity contribution in [1.29, 1.82) is 0 Å². The van der Waals surface area contributed by atoms with E-state index < -0.39 is 0 Å². The molecule has 1 aliphatic rings. The molecule has 0 spiro atoms. The van der Waals surface area contributed by atoms with Crippen LogP contribution in [0.3, 0.4) is 0 Å². The molecule has 1 N–H and O–H groups in total. The zero-order valence-electron chi connectivity index (χ0n) is 12.7. The van der Waals surface area contributed by atoms with E-state index in [4.69, 9.17) is 16.0 Å². The summed E-state index contributed by atoms with van der Waals surface area (Å²) in [5, 5.41) is 18.6. The van der Waals surface area contributed by atoms with Crippen LogP contribution in [-0.2, 0) is 0 Å². The second kappa shape index (κ2) is 6.36. The lowest BCUT2D eigenvalue weighted by molar-refractivity contribution is 0.120. The maximum atomic E-state index is 9.71. The average Bonchev–Trinajstić information content (AvgIpc) is 3.16. The highest BCUT2D eigenvalue weighted by Gasteiger charge is 2.31. The number of nitrogens with zero attached hydrogens (tertiary/aromatic N) is 3. The topological polar surface area (TPSA) is 62.4 Å². The number of aliphatic hydroxyl groups is 1. The summed E-state index contributed by atoms with van der Waals surface area (Å²) in [6.07, 6.45) is 0.721. The molecule has 2 heterocycles. The molecule has 118 valence electrons. The predicted molar refractivity (Wildman–Crippen MR) is 84.5 cm³/mol. The molecule has 6 heteroatoms. The van der Waals surface area contributed by atoms with Crippen molar-refractivity contribution in [2.75, 3.05) is 13.1 Å². The number of halogens is 1. The average molecular weight is 322 g/mol. The fourth-order valence-corrected chi connectivity index (χ4v) is 3.05. The van der Waals surface area contributed by atoms with E-state index in [1.807, 2.05) is 31.2 Å². The van der Waals surface area contributed by atoms with E-state index >= 15 is 0 Å². The first-order chi connectivity index (χ1) is 10.5. The second-order valence-electron chi connectivity index (χ2n) is 5.92. The number of hydrogen-bond donors (Lipinski definition) is 1. The molecule has 1 fully saturated rings. The summed E-state index contributed by atoms with van der Waals surface area (Å²) in [7, 11) is 0. The van der Waals surface area contributed by atoms with Crippen molar-refractivity contribution in [3.63, 3.8) is 0 Å². The molecule has 0 amide bonds. The molecule has 1 aromatic carbocycles. The molecule has 2 aromatic rings. The van der Waals surface area contributed by atoms with Gasteiger partial charge in [-0.15, -0.1) is 10.2 Å². The molecule has 22 heavy (non-hydrogen) atoms. The van der Waals surface area contributed by atoms with Crippen molar-refractivity contribution < 1.29 is 9.52 Å². The van der Waals surface area contributed by atoms with E-state index in [0.29, 0.717) is 22.7 Å². The fourth-order valence-electron chi connectivity index (χ4n) is 2.86. The summed E-state index contributed by atoms with van der Waals surface area (Å²) in [6.45, 7) is 5.70. The van der Waals surface area contributed by atoms with Crippen LogP contribution in [0.25, 0.3) is 11.5 Å². The molecule has 0 radical (unpaired) electrons. The van der Waals surface area contributed by atoms with E-state index in [0.717, 1.165) is 25.1 Å². The van der Waals surface area contributed by atoms with Gasteiger partial charge in [0.2, 0.25) is 11.8 Å². The number of hydrogen-bond acceptors (Lipinski definition) is 5. The minimum atomic E-state index is -0.276. The Bertz CT molecular complexity index is 644. The Labute approximate surface area is 134 Å². The zero-order valence-corrected chi connectivity index (χ0v) is 13.5. The number of aromatic nitrogens is 2. The molecule has 0 aliphatic carbocycles. The summed E-state index contributed by atoms with van der Waals surface area (Å²) in [4.78, 5) is 2.27. The molecule has 1 saturated heterocycles. The normalized spacial score (nSPS) is 21.9. The van der Waals surface area contributed by atoms with Gasteiger partial charge < -0.3 is 9.52 Å². The number of aliphatic hydroxyl groups excluding tert-OH is 1. The molecular weight excluding hydrogens is 302 g/mol. The Morgan fingerprint density at radius 1 is 1.36 bits per heavy atom. The van der Waals surface area contributed by atoms with Gasteiger partial charge in [0, 0.05) is 17.1 Å². The number of benzene rings is 1. The van der Waals surface area contributed by atoms with Crippen LogP contribution in [0.4, 0.5) is 0 Å². The van der Waals surface area contributed by atoms with Gasteiger partial charge in [-0.3, -0.25) is 4.90 Å². The summed E-state index contributed by atoms with van der Waals surface area (Å²) in [5.74, 6) is 1.40. The molecule has 3 atom stereocenters. The molecule has 3 unspecified atom stereocenters. The monoisotopic (exact) mass is 321 g/mol. The molecule has 0 saturated carbocycles. The fraction of sp³-hybridized carbons (Fsp3) is 0.500. The van der Waals surface area contributed by atoms with Gasteiger partial charge in [-0.25, -0.2) is 0 Å². The second-order valence-corrected chi connectivity index (χ2v) is 6.35. The van der Waals surface area contributed by atoms with Crippen LogP contribution in [0.1, 0.15) is 32.2 Å². The van der Waals surface area contributed by atoms with Gasteiger partial charge in [0.25, 0.3) is 0 Å². The van der Waals surface area contributed by atoms with Gasteiger partial charge >= 0.3 is 0 Å². The van der Waals surface area contributed by atoms with Crippen LogP contribution in [0.5, 0.6) is 0 Å². The number of likely N-dealkylation sites (tertiary alicyclic amines) is 1. The van der Waals surface area contributed by atoms with Crippen molar-refractivity contribution in [2.45, 2.75) is 32.4 Å². The Morgan fingerprint density at radius 2 is 2.18 bits per heavy atom. The molecule has 0 bridgehead atoms. The highest BCUT2D eigenvalue weighted by molar-refractivity contribution is 6.30. The quantitative estimate of drug-likeness (QED) is 0.937. The van der Waals surface area contributed by atoms with Crippen LogP contribution in [0.2, 0.25) is 5.02 Å². The minimum Gasteiger partial charge on any atom is -0.419 e. The maximum Gasteiger partial charge on any atom is 0.247 e. The van der Waals surface area contributed by atoms with Gasteiger partial charge in [0.15, 0.2) is 0 Å². The highest BCUT2D eigenvalue weighted by Crippen LogP contribution is 2.30. The van der Waals surface area contributed by atoms with Crippen molar-refractivity contribution in [3.8, 4) is 11.5 Å². The van der Waals surface area contributed by atoms with Gasteiger partial charge in [-0.05, 0) is 50.9 Å². The standard InChI is InChI=1S/C16H20ClN3O2/c1-10(20-7-6-13(9-20)11(2)21)15-18-19-16(22-15)12-4-3-5-14(17)8-12/h3-5,8,10-11,13,21H,6-7,9H2,1-2H3. The van der Waals surface area contributed by atoms with E-state index in [2.05, 4.69) is 22.0 Å². The van der Waals surface area contributed by atoms with Crippen LogP contribution in [-0.4, -0.2) is 39.4 Å². The Balaban J connectivity index is 1.74. The Kier molecular flexibility index (Phi) is 4.47. The maximum absolute atomic E-state index is 9.71. The van der Waals surface area contributed by atoms with Crippen molar-refractivity contribution in [1.82, 2.24) is 15.1 Å². The predicted octanol–water partition coefficient (Wildman–Crippen LogP) is 3.15. The lowest BCUT2D eigenvalue weighted by Gasteiger charge is -2.21. The van der Waals surface area contributed by atoms with Crippen LogP contribution < -0.4 is 0 Å². The first-order valence-corrected chi connectivity index (χ1v) is 7.94. The minimum absolute atomic E-state index is 0.0455. The summed E-state index contributed by atoms with van der Waals surface area (Å²) in [5.41, 5.74) is 0.821. The first kappa shape index (κ1) is 15.5. The molecule has 1 aromatic heterocycles. The van der Waals surface area contributed by atoms with Gasteiger partial charge in [0.1, 0.15) is 0 Å². The van der Waals surface area contributed by atoms with E-state index in [9.17, 15) is 5.11 Å². The van der Waals surface area contributed by atoms with E-state index in [-0.39, 0.29) is 12.1 Å². The van der Waals surface area contributed by atoms with Gasteiger partial charge in [-0.1, -0.05) is 17.7 Å². The number of rotatable bonds is 4. The van der Waals surface area contributed by atoms with Gasteiger partial charge in [0.05, 0.1) is 12.1 Å². The Hall–Kier alpha value is -1.43. The lowest BCUT2D eigenvalue weighted by Crippen LogP contribution is -2.27. The third kappa shape index (κ3) is 3.16. The van der Waals surface area contributed by atoms with Gasteiger partial charge in [-0.2, -0.15) is 0 Å². The highest BCUT2D eigenvalue weighted by atomic mass is 35.5. The third-order valence-electron chi connectivity index (χ3n) is 4.36. The smallest absolute Gasteiger partial charge is 0.247 e. The van der Waals surface area contributed by atoms with Crippen molar-refractivity contribution in [3.05, 3.63) is 35.2 Å². The molecule has 5 nitrogen and oxygen atoms in total. The van der Waals surface area contributed by atoms with E-state index in [1.165, 1.54) is 0 Å². The van der Waals surface area contributed by atoms with Crippen LogP contribution in [0, 0.1) is 5.92 Å². The first-order valence-electron chi connectivity index (χ1n) is 7.56. The SMILES string of the molecule is CC(O)C1CCN(C(C)c2nnc(-c3cccc(Cl)c3)o2)C1. The van der Waals surface area contributed by atoms with Crippen molar-refractivity contribution >= 4 is 11.6 Å². The van der Waals surface area contributed by atoms with E-state index in [1.54, 1.807) is 0 Å². The van der Waals surface area contributed by atoms with Crippen LogP contribution >= 0.6 is 11.6 Å². The zero-order chi connectivity index (χ0) is 15.7. The van der Waals surface area contributed by atoms with Crippen LogP contribution in [0.15, 0.2) is 28.7 Å².